The predicted octanol–water partition coefficient (Wildman–Crippen LogP) is 0.960. The highest BCUT2D eigenvalue weighted by Crippen LogP contribution is 1.94. The Morgan fingerprint density at radius 2 is 1.33 bits per heavy atom. The van der Waals surface area contributed by atoms with E-state index in [-0.39, 0.29) is 24.9 Å². The van der Waals surface area contributed by atoms with E-state index in [1.807, 2.05) is 13.8 Å². The Hall–Kier alpha value is -1.10. The van der Waals surface area contributed by atoms with Gasteiger partial charge in [0.2, 0.25) is 11.8 Å². The maximum atomic E-state index is 11.3. The number of amides is 2. The van der Waals surface area contributed by atoms with Gasteiger partial charge in [-0.15, -0.1) is 0 Å². The van der Waals surface area contributed by atoms with Crippen LogP contribution >= 0.6 is 0 Å². The van der Waals surface area contributed by atoms with Crippen molar-refractivity contribution in [2.75, 3.05) is 13.1 Å². The Kier molecular flexibility index (Phi) is 10.3. The van der Waals surface area contributed by atoms with E-state index in [0.717, 1.165) is 25.7 Å². The quantitative estimate of drug-likeness (QED) is 0.546. The summed E-state index contributed by atoms with van der Waals surface area (Å²) in [5.74, 6) is -0.0959. The van der Waals surface area contributed by atoms with Gasteiger partial charge in [0.25, 0.3) is 0 Å². The van der Waals surface area contributed by atoms with Crippen molar-refractivity contribution in [2.45, 2.75) is 58.5 Å². The molecule has 106 valence electrons. The molecular formula is C13H26N2O3. The lowest BCUT2D eigenvalue weighted by molar-refractivity contribution is -0.121. The standard InChI is InChI=1S/C13H26N2O3/c1-3-5-7-12(17)14-9-11(16)10-15-13(18)8-6-4-2/h11,16H,3-10H2,1-2H3,(H,14,17)(H,15,18). The van der Waals surface area contributed by atoms with Crippen molar-refractivity contribution in [1.82, 2.24) is 10.6 Å². The van der Waals surface area contributed by atoms with Crippen molar-refractivity contribution in [1.29, 1.82) is 0 Å². The Balaban J connectivity index is 3.55. The molecule has 3 N–H and O–H groups in total. The van der Waals surface area contributed by atoms with Gasteiger partial charge in [0, 0.05) is 25.9 Å². The van der Waals surface area contributed by atoms with Crippen molar-refractivity contribution in [2.24, 2.45) is 0 Å². The van der Waals surface area contributed by atoms with Crippen LogP contribution in [0.2, 0.25) is 0 Å². The second-order valence-corrected chi connectivity index (χ2v) is 4.47. The summed E-state index contributed by atoms with van der Waals surface area (Å²) in [6, 6.07) is 0. The minimum atomic E-state index is -0.721. The summed E-state index contributed by atoms with van der Waals surface area (Å²) in [6.45, 7) is 4.43. The minimum absolute atomic E-state index is 0.0480. The van der Waals surface area contributed by atoms with E-state index in [4.69, 9.17) is 0 Å². The molecule has 0 unspecified atom stereocenters. The van der Waals surface area contributed by atoms with Crippen molar-refractivity contribution in [3.63, 3.8) is 0 Å². The van der Waals surface area contributed by atoms with Crippen LogP contribution in [0.5, 0.6) is 0 Å². The largest absolute Gasteiger partial charge is 0.389 e. The first-order valence-corrected chi connectivity index (χ1v) is 6.81. The van der Waals surface area contributed by atoms with E-state index in [1.54, 1.807) is 0 Å². The van der Waals surface area contributed by atoms with Crippen molar-refractivity contribution >= 4 is 11.8 Å². The molecule has 5 heteroatoms. The maximum absolute atomic E-state index is 11.3. The van der Waals surface area contributed by atoms with Crippen LogP contribution in [-0.4, -0.2) is 36.1 Å². The molecule has 0 bridgehead atoms. The first kappa shape index (κ1) is 16.9. The number of unbranched alkanes of at least 4 members (excludes halogenated alkanes) is 2. The Bertz CT molecular complexity index is 220. The highest BCUT2D eigenvalue weighted by molar-refractivity contribution is 5.76. The first-order chi connectivity index (χ1) is 8.60. The number of carbonyl (C=O) groups excluding carboxylic acids is 2. The lowest BCUT2D eigenvalue weighted by atomic mass is 10.2. The van der Waals surface area contributed by atoms with Crippen LogP contribution in [0.25, 0.3) is 0 Å². The van der Waals surface area contributed by atoms with E-state index < -0.39 is 6.10 Å². The maximum Gasteiger partial charge on any atom is 0.220 e. The monoisotopic (exact) mass is 258 g/mol. The fraction of sp³-hybridized carbons (Fsp3) is 0.846. The molecule has 0 heterocycles. The number of nitrogens with one attached hydrogen (secondary N) is 2. The predicted molar refractivity (Wildman–Crippen MR) is 71.1 cm³/mol. The molecule has 0 saturated carbocycles. The summed E-state index contributed by atoms with van der Waals surface area (Å²) in [5.41, 5.74) is 0. The molecule has 5 nitrogen and oxygen atoms in total. The third-order valence-corrected chi connectivity index (χ3v) is 2.58. The van der Waals surface area contributed by atoms with Crippen LogP contribution < -0.4 is 10.6 Å². The Labute approximate surface area is 109 Å². The minimum Gasteiger partial charge on any atom is -0.389 e. The third kappa shape index (κ3) is 10.1. The number of hydrogen-bond donors (Lipinski definition) is 3. The van der Waals surface area contributed by atoms with Gasteiger partial charge in [-0.3, -0.25) is 9.59 Å². The average molecular weight is 258 g/mol. The molecule has 0 fully saturated rings. The fourth-order valence-corrected chi connectivity index (χ4v) is 1.39. The molecule has 0 aromatic carbocycles. The van der Waals surface area contributed by atoms with Crippen LogP contribution in [0, 0.1) is 0 Å². The Morgan fingerprint density at radius 3 is 1.67 bits per heavy atom. The van der Waals surface area contributed by atoms with Gasteiger partial charge in [-0.05, 0) is 12.8 Å². The Morgan fingerprint density at radius 1 is 0.944 bits per heavy atom. The van der Waals surface area contributed by atoms with Crippen molar-refractivity contribution in [3.8, 4) is 0 Å². The molecule has 2 amide bonds. The third-order valence-electron chi connectivity index (χ3n) is 2.58. The van der Waals surface area contributed by atoms with E-state index in [9.17, 15) is 14.7 Å². The summed E-state index contributed by atoms with van der Waals surface area (Å²) in [6.07, 6.45) is 3.93. The average Bonchev–Trinajstić information content (AvgIpc) is 2.37. The van der Waals surface area contributed by atoms with Crippen LogP contribution in [0.4, 0.5) is 0 Å². The number of aliphatic hydroxyl groups is 1. The molecule has 0 spiro atoms. The summed E-state index contributed by atoms with van der Waals surface area (Å²) in [7, 11) is 0. The van der Waals surface area contributed by atoms with Crippen LogP contribution in [0.15, 0.2) is 0 Å². The zero-order valence-electron chi connectivity index (χ0n) is 11.5. The summed E-state index contributed by atoms with van der Waals surface area (Å²) in [5, 5.41) is 14.9. The number of carbonyl (C=O) groups is 2. The first-order valence-electron chi connectivity index (χ1n) is 6.81. The van der Waals surface area contributed by atoms with E-state index in [1.165, 1.54) is 0 Å². The topological polar surface area (TPSA) is 78.4 Å². The van der Waals surface area contributed by atoms with Crippen LogP contribution in [-0.2, 0) is 9.59 Å². The van der Waals surface area contributed by atoms with Gasteiger partial charge < -0.3 is 15.7 Å². The molecule has 0 aliphatic rings. The lowest BCUT2D eigenvalue weighted by Crippen LogP contribution is -2.39. The molecule has 0 radical (unpaired) electrons. The molecule has 0 aliphatic carbocycles. The van der Waals surface area contributed by atoms with Crippen molar-refractivity contribution in [3.05, 3.63) is 0 Å². The summed E-state index contributed by atoms with van der Waals surface area (Å²) in [4.78, 5) is 22.6. The molecule has 0 aliphatic heterocycles. The van der Waals surface area contributed by atoms with E-state index in [2.05, 4.69) is 10.6 Å². The smallest absolute Gasteiger partial charge is 0.220 e. The van der Waals surface area contributed by atoms with Gasteiger partial charge in [0.1, 0.15) is 0 Å². The van der Waals surface area contributed by atoms with Gasteiger partial charge in [0.15, 0.2) is 0 Å². The molecule has 0 atom stereocenters. The molecule has 0 rings (SSSR count). The second-order valence-electron chi connectivity index (χ2n) is 4.47. The lowest BCUT2D eigenvalue weighted by Gasteiger charge is -2.12. The van der Waals surface area contributed by atoms with Gasteiger partial charge in [0.05, 0.1) is 6.10 Å². The van der Waals surface area contributed by atoms with E-state index >= 15 is 0 Å². The summed E-state index contributed by atoms with van der Waals surface area (Å²) >= 11 is 0. The fourth-order valence-electron chi connectivity index (χ4n) is 1.39. The molecule has 0 saturated heterocycles. The molecule has 18 heavy (non-hydrogen) atoms. The second kappa shape index (κ2) is 11.0. The SMILES string of the molecule is CCCCC(=O)NCC(O)CNC(=O)CCCC. The van der Waals surface area contributed by atoms with Gasteiger partial charge in [-0.1, -0.05) is 26.7 Å². The van der Waals surface area contributed by atoms with Crippen LogP contribution in [0.1, 0.15) is 52.4 Å². The normalized spacial score (nSPS) is 10.4. The molecular weight excluding hydrogens is 232 g/mol. The van der Waals surface area contributed by atoms with Crippen molar-refractivity contribution < 1.29 is 14.7 Å². The van der Waals surface area contributed by atoms with E-state index in [0.29, 0.717) is 12.8 Å². The van der Waals surface area contributed by atoms with Crippen LogP contribution in [0.3, 0.4) is 0 Å². The zero-order valence-corrected chi connectivity index (χ0v) is 11.5. The van der Waals surface area contributed by atoms with Gasteiger partial charge in [-0.2, -0.15) is 0 Å². The summed E-state index contributed by atoms with van der Waals surface area (Å²) < 4.78 is 0. The number of rotatable bonds is 10. The zero-order chi connectivity index (χ0) is 13.8. The number of hydrogen-bond acceptors (Lipinski definition) is 3. The highest BCUT2D eigenvalue weighted by Gasteiger charge is 2.08. The van der Waals surface area contributed by atoms with Gasteiger partial charge >= 0.3 is 0 Å². The number of aliphatic hydroxyl groups excluding tert-OH is 1. The highest BCUT2D eigenvalue weighted by atomic mass is 16.3. The van der Waals surface area contributed by atoms with Gasteiger partial charge in [-0.25, -0.2) is 0 Å². The molecule has 0 aromatic rings. The molecule has 0 aromatic heterocycles.